The Morgan fingerprint density at radius 1 is 1.22 bits per heavy atom. The van der Waals surface area contributed by atoms with Crippen LogP contribution in [0.15, 0.2) is 24.3 Å². The fraction of sp³-hybridized carbons (Fsp3) is 0.438. The van der Waals surface area contributed by atoms with E-state index in [9.17, 15) is 14.4 Å². The zero-order valence-electron chi connectivity index (χ0n) is 12.9. The Morgan fingerprint density at radius 3 is 2.39 bits per heavy atom. The van der Waals surface area contributed by atoms with Gasteiger partial charge in [-0.15, -0.1) is 0 Å². The number of carbonyl (C=O) groups is 3. The van der Waals surface area contributed by atoms with Gasteiger partial charge in [0.05, 0.1) is 12.1 Å². The lowest BCUT2D eigenvalue weighted by Gasteiger charge is -2.35. The lowest BCUT2D eigenvalue weighted by molar-refractivity contribution is -0.133. The summed E-state index contributed by atoms with van der Waals surface area (Å²) < 4.78 is 0. The number of likely N-dealkylation sites (tertiary alicyclic amines) is 1. The summed E-state index contributed by atoms with van der Waals surface area (Å²) in [5.41, 5.74) is 0.131. The Morgan fingerprint density at radius 2 is 1.83 bits per heavy atom. The maximum Gasteiger partial charge on any atom is 0.335 e. The molecule has 2 saturated heterocycles. The molecule has 0 saturated carbocycles. The zero-order valence-corrected chi connectivity index (χ0v) is 12.9. The number of rotatable bonds is 3. The number of aromatic carboxylic acids is 1. The summed E-state index contributed by atoms with van der Waals surface area (Å²) in [5, 5.41) is 11.8. The van der Waals surface area contributed by atoms with E-state index in [0.29, 0.717) is 12.8 Å². The number of piperidine rings is 1. The van der Waals surface area contributed by atoms with Gasteiger partial charge >= 0.3 is 12.0 Å². The first-order valence-corrected chi connectivity index (χ1v) is 7.56. The maximum absolute atomic E-state index is 12.7. The molecule has 3 rings (SSSR count). The zero-order chi connectivity index (χ0) is 16.6. The van der Waals surface area contributed by atoms with Crippen LogP contribution in [0.25, 0.3) is 0 Å². The van der Waals surface area contributed by atoms with Crippen molar-refractivity contribution in [3.05, 3.63) is 35.4 Å². The molecular formula is C16H19N3O4. The van der Waals surface area contributed by atoms with Crippen molar-refractivity contribution in [1.29, 1.82) is 0 Å². The number of carboxylic acids is 1. The SMILES string of the molecule is CN1CCC2(CC1)NC(=O)N(Cc1ccc(C(=O)O)cc1)C2=O. The molecular weight excluding hydrogens is 298 g/mol. The van der Waals surface area contributed by atoms with Gasteiger partial charge in [0, 0.05) is 13.1 Å². The van der Waals surface area contributed by atoms with Crippen LogP contribution >= 0.6 is 0 Å². The molecule has 0 aromatic heterocycles. The molecule has 0 unspecified atom stereocenters. The van der Waals surface area contributed by atoms with E-state index in [-0.39, 0.29) is 24.0 Å². The maximum atomic E-state index is 12.7. The van der Waals surface area contributed by atoms with E-state index in [2.05, 4.69) is 10.2 Å². The van der Waals surface area contributed by atoms with Gasteiger partial charge in [-0.2, -0.15) is 0 Å². The van der Waals surface area contributed by atoms with Crippen molar-refractivity contribution in [2.75, 3.05) is 20.1 Å². The first-order chi connectivity index (χ1) is 10.9. The van der Waals surface area contributed by atoms with Crippen molar-refractivity contribution in [2.24, 2.45) is 0 Å². The fourth-order valence-electron chi connectivity index (χ4n) is 3.09. The second-order valence-corrected chi connectivity index (χ2v) is 6.21. The van der Waals surface area contributed by atoms with Crippen LogP contribution in [-0.2, 0) is 11.3 Å². The molecule has 1 spiro atoms. The van der Waals surface area contributed by atoms with Crippen LogP contribution in [0.5, 0.6) is 0 Å². The highest BCUT2D eigenvalue weighted by molar-refractivity contribution is 6.07. The number of amides is 3. The molecule has 0 radical (unpaired) electrons. The first kappa shape index (κ1) is 15.5. The number of nitrogens with one attached hydrogen (secondary N) is 1. The van der Waals surface area contributed by atoms with E-state index < -0.39 is 11.5 Å². The van der Waals surface area contributed by atoms with Crippen LogP contribution in [0, 0.1) is 0 Å². The van der Waals surface area contributed by atoms with E-state index in [1.54, 1.807) is 12.1 Å². The molecule has 2 aliphatic heterocycles. The Bertz CT molecular complexity index is 648. The number of urea groups is 1. The molecule has 2 N–H and O–H groups in total. The molecule has 2 fully saturated rings. The predicted molar refractivity (Wildman–Crippen MR) is 81.9 cm³/mol. The Hall–Kier alpha value is -2.41. The molecule has 122 valence electrons. The van der Waals surface area contributed by atoms with Gasteiger partial charge in [0.1, 0.15) is 5.54 Å². The molecule has 0 aliphatic carbocycles. The quantitative estimate of drug-likeness (QED) is 0.809. The standard InChI is InChI=1S/C16H19N3O4/c1-18-8-6-16(7-9-18)14(22)19(15(23)17-16)10-11-2-4-12(5-3-11)13(20)21/h2-5H,6-10H2,1H3,(H,17,23)(H,20,21). The molecule has 2 heterocycles. The number of carboxylic acid groups (broad SMARTS) is 1. The molecule has 0 bridgehead atoms. The second kappa shape index (κ2) is 5.66. The largest absolute Gasteiger partial charge is 0.478 e. The Balaban J connectivity index is 1.74. The van der Waals surface area contributed by atoms with Gasteiger partial charge in [0.25, 0.3) is 5.91 Å². The molecule has 0 atom stereocenters. The number of hydrogen-bond donors (Lipinski definition) is 2. The summed E-state index contributed by atoms with van der Waals surface area (Å²) in [4.78, 5) is 39.1. The highest BCUT2D eigenvalue weighted by Crippen LogP contribution is 2.29. The summed E-state index contributed by atoms with van der Waals surface area (Å²) in [6, 6.07) is 5.83. The van der Waals surface area contributed by atoms with Gasteiger partial charge in [0.15, 0.2) is 0 Å². The molecule has 23 heavy (non-hydrogen) atoms. The molecule has 3 amide bonds. The van der Waals surface area contributed by atoms with Crippen LogP contribution in [0.3, 0.4) is 0 Å². The summed E-state index contributed by atoms with van der Waals surface area (Å²) in [6.07, 6.45) is 1.23. The number of imide groups is 1. The van der Waals surface area contributed by atoms with Crippen molar-refractivity contribution in [2.45, 2.75) is 24.9 Å². The monoisotopic (exact) mass is 317 g/mol. The predicted octanol–water partition coefficient (Wildman–Crippen LogP) is 0.901. The van der Waals surface area contributed by atoms with E-state index in [1.165, 1.54) is 17.0 Å². The van der Waals surface area contributed by atoms with Gasteiger partial charge in [-0.1, -0.05) is 12.1 Å². The Labute approximate surface area is 133 Å². The number of nitrogens with zero attached hydrogens (tertiary/aromatic N) is 2. The van der Waals surface area contributed by atoms with Crippen molar-refractivity contribution >= 4 is 17.9 Å². The van der Waals surface area contributed by atoms with Crippen molar-refractivity contribution in [1.82, 2.24) is 15.1 Å². The summed E-state index contributed by atoms with van der Waals surface area (Å²) >= 11 is 0. The second-order valence-electron chi connectivity index (χ2n) is 6.21. The van der Waals surface area contributed by atoms with Crippen molar-refractivity contribution < 1.29 is 19.5 Å². The summed E-state index contributed by atoms with van der Waals surface area (Å²) in [5.74, 6) is -1.19. The van der Waals surface area contributed by atoms with E-state index in [0.717, 1.165) is 18.7 Å². The minimum absolute atomic E-state index is 0.155. The van der Waals surface area contributed by atoms with Crippen molar-refractivity contribution in [3.63, 3.8) is 0 Å². The van der Waals surface area contributed by atoms with Gasteiger partial charge < -0.3 is 15.3 Å². The highest BCUT2D eigenvalue weighted by atomic mass is 16.4. The van der Waals surface area contributed by atoms with Crippen LogP contribution in [0.2, 0.25) is 0 Å². The van der Waals surface area contributed by atoms with Gasteiger partial charge in [0.2, 0.25) is 0 Å². The lowest BCUT2D eigenvalue weighted by atomic mass is 9.87. The van der Waals surface area contributed by atoms with Gasteiger partial charge in [-0.05, 0) is 37.6 Å². The summed E-state index contributed by atoms with van der Waals surface area (Å²) in [6.45, 7) is 1.70. The van der Waals surface area contributed by atoms with E-state index in [1.807, 2.05) is 7.05 Å². The highest BCUT2D eigenvalue weighted by Gasteiger charge is 2.51. The van der Waals surface area contributed by atoms with Crippen LogP contribution in [0.4, 0.5) is 4.79 Å². The first-order valence-electron chi connectivity index (χ1n) is 7.56. The van der Waals surface area contributed by atoms with Crippen molar-refractivity contribution in [3.8, 4) is 0 Å². The number of benzene rings is 1. The number of hydrogen-bond acceptors (Lipinski definition) is 4. The third kappa shape index (κ3) is 2.79. The minimum Gasteiger partial charge on any atom is -0.478 e. The number of carbonyl (C=O) groups excluding carboxylic acids is 2. The topological polar surface area (TPSA) is 90.0 Å². The van der Waals surface area contributed by atoms with Gasteiger partial charge in [-0.25, -0.2) is 9.59 Å². The molecule has 1 aromatic carbocycles. The minimum atomic E-state index is -1.00. The van der Waals surface area contributed by atoms with Crippen LogP contribution in [0.1, 0.15) is 28.8 Å². The lowest BCUT2D eigenvalue weighted by Crippen LogP contribution is -2.54. The molecule has 7 nitrogen and oxygen atoms in total. The van der Waals surface area contributed by atoms with Crippen LogP contribution < -0.4 is 5.32 Å². The average molecular weight is 317 g/mol. The smallest absolute Gasteiger partial charge is 0.335 e. The van der Waals surface area contributed by atoms with E-state index in [4.69, 9.17) is 5.11 Å². The Kier molecular flexibility index (Phi) is 3.81. The van der Waals surface area contributed by atoms with Gasteiger partial charge in [-0.3, -0.25) is 9.69 Å². The molecule has 1 aromatic rings. The third-order valence-electron chi connectivity index (χ3n) is 4.63. The van der Waals surface area contributed by atoms with E-state index >= 15 is 0 Å². The molecule has 7 heteroatoms. The fourth-order valence-corrected chi connectivity index (χ4v) is 3.09. The average Bonchev–Trinajstić information content (AvgIpc) is 2.75. The third-order valence-corrected chi connectivity index (χ3v) is 4.63. The molecule has 2 aliphatic rings. The summed E-state index contributed by atoms with van der Waals surface area (Å²) in [7, 11) is 2.00. The normalized spacial score (nSPS) is 20.8. The van der Waals surface area contributed by atoms with Crippen LogP contribution in [-0.4, -0.2) is 58.5 Å².